The van der Waals surface area contributed by atoms with Crippen molar-refractivity contribution in [2.45, 2.75) is 39.2 Å². The van der Waals surface area contributed by atoms with Gasteiger partial charge < -0.3 is 14.5 Å². The molecule has 0 N–H and O–H groups in total. The van der Waals surface area contributed by atoms with E-state index in [0.717, 1.165) is 31.5 Å². The zero-order valence-corrected chi connectivity index (χ0v) is 16.3. The Hall–Kier alpha value is -2.82. The van der Waals surface area contributed by atoms with Gasteiger partial charge in [-0.3, -0.25) is 9.59 Å². The van der Waals surface area contributed by atoms with Crippen LogP contribution in [0.2, 0.25) is 0 Å². The first kappa shape index (κ1) is 18.5. The third-order valence-electron chi connectivity index (χ3n) is 5.50. The minimum atomic E-state index is -0.0903. The van der Waals surface area contributed by atoms with Crippen LogP contribution < -0.4 is 9.64 Å². The second-order valence-electron chi connectivity index (χ2n) is 7.64. The zero-order chi connectivity index (χ0) is 19.5. The third kappa shape index (κ3) is 3.88. The lowest BCUT2D eigenvalue weighted by atomic mass is 10.1. The number of hydrogen-bond donors (Lipinski definition) is 0. The maximum absolute atomic E-state index is 13.0. The molecule has 0 aliphatic carbocycles. The van der Waals surface area contributed by atoms with Gasteiger partial charge in [-0.05, 0) is 43.5 Å². The molecule has 2 aliphatic rings. The summed E-state index contributed by atoms with van der Waals surface area (Å²) < 4.78 is 5.61. The Kier molecular flexibility index (Phi) is 5.33. The van der Waals surface area contributed by atoms with E-state index in [4.69, 9.17) is 4.74 Å². The first-order valence-electron chi connectivity index (χ1n) is 10.0. The molecule has 1 saturated heterocycles. The number of nitrogens with zero attached hydrogens (tertiary/aromatic N) is 2. The van der Waals surface area contributed by atoms with E-state index in [1.165, 1.54) is 18.4 Å². The molecule has 0 spiro atoms. The van der Waals surface area contributed by atoms with Crippen LogP contribution in [0, 0.1) is 6.92 Å². The molecule has 5 nitrogen and oxygen atoms in total. The van der Waals surface area contributed by atoms with E-state index in [9.17, 15) is 9.59 Å². The number of carbonyl (C=O) groups excluding carboxylic acids is 2. The molecule has 2 aromatic rings. The monoisotopic (exact) mass is 378 g/mol. The van der Waals surface area contributed by atoms with Gasteiger partial charge in [0.05, 0.1) is 12.2 Å². The van der Waals surface area contributed by atoms with Gasteiger partial charge >= 0.3 is 0 Å². The average Bonchev–Trinajstić information content (AvgIpc) is 3.00. The molecule has 146 valence electrons. The molecule has 0 atom stereocenters. The normalized spacial score (nSPS) is 17.0. The Bertz CT molecular complexity index is 868. The summed E-state index contributed by atoms with van der Waals surface area (Å²) in [5.74, 6) is 0.601. The summed E-state index contributed by atoms with van der Waals surface area (Å²) in [4.78, 5) is 29.2. The standard InChI is InChI=1S/C23H26N2O3/c1-17-6-8-18(9-7-17)15-25-20-14-19(10-11-21(20)28-16-22(25)26)23(27)24-12-4-2-3-5-13-24/h6-11,14H,2-5,12-13,15-16H2,1H3. The minimum Gasteiger partial charge on any atom is -0.482 e. The van der Waals surface area contributed by atoms with Gasteiger partial charge in [-0.2, -0.15) is 0 Å². The van der Waals surface area contributed by atoms with Crippen LogP contribution in [0.3, 0.4) is 0 Å². The fourth-order valence-corrected chi connectivity index (χ4v) is 3.84. The number of ether oxygens (including phenoxy) is 1. The maximum Gasteiger partial charge on any atom is 0.265 e. The molecule has 2 aliphatic heterocycles. The summed E-state index contributed by atoms with van der Waals surface area (Å²) in [5, 5.41) is 0. The van der Waals surface area contributed by atoms with Crippen molar-refractivity contribution >= 4 is 17.5 Å². The SMILES string of the molecule is Cc1ccc(CN2C(=O)COc3ccc(C(=O)N4CCCCCC4)cc32)cc1. The van der Waals surface area contributed by atoms with Crippen LogP contribution >= 0.6 is 0 Å². The van der Waals surface area contributed by atoms with Crippen molar-refractivity contribution in [1.82, 2.24) is 4.90 Å². The molecule has 2 amide bonds. The van der Waals surface area contributed by atoms with E-state index in [2.05, 4.69) is 0 Å². The lowest BCUT2D eigenvalue weighted by molar-refractivity contribution is -0.121. The van der Waals surface area contributed by atoms with Gasteiger partial charge in [0.15, 0.2) is 6.61 Å². The van der Waals surface area contributed by atoms with Gasteiger partial charge in [-0.15, -0.1) is 0 Å². The predicted molar refractivity (Wildman–Crippen MR) is 109 cm³/mol. The summed E-state index contributed by atoms with van der Waals surface area (Å²) in [7, 11) is 0. The van der Waals surface area contributed by atoms with E-state index in [0.29, 0.717) is 23.5 Å². The highest BCUT2D eigenvalue weighted by atomic mass is 16.5. The highest BCUT2D eigenvalue weighted by Gasteiger charge is 2.27. The largest absolute Gasteiger partial charge is 0.482 e. The molecule has 2 heterocycles. The van der Waals surface area contributed by atoms with Crippen LogP contribution in [0.1, 0.15) is 47.2 Å². The summed E-state index contributed by atoms with van der Waals surface area (Å²) in [5.41, 5.74) is 3.53. The van der Waals surface area contributed by atoms with Crippen LogP contribution in [0.4, 0.5) is 5.69 Å². The van der Waals surface area contributed by atoms with Crippen molar-refractivity contribution < 1.29 is 14.3 Å². The second kappa shape index (κ2) is 8.05. The molecule has 0 radical (unpaired) electrons. The molecule has 0 aromatic heterocycles. The quantitative estimate of drug-likeness (QED) is 0.813. The van der Waals surface area contributed by atoms with Gasteiger partial charge in [0.25, 0.3) is 11.8 Å². The lowest BCUT2D eigenvalue weighted by Gasteiger charge is -2.30. The first-order valence-corrected chi connectivity index (χ1v) is 10.0. The summed E-state index contributed by atoms with van der Waals surface area (Å²) in [6.07, 6.45) is 4.47. The Balaban J connectivity index is 1.61. The first-order chi connectivity index (χ1) is 13.6. The van der Waals surface area contributed by atoms with Crippen LogP contribution in [0.15, 0.2) is 42.5 Å². The fraction of sp³-hybridized carbons (Fsp3) is 0.391. The summed E-state index contributed by atoms with van der Waals surface area (Å²) in [6, 6.07) is 13.6. The van der Waals surface area contributed by atoms with Crippen molar-refractivity contribution in [2.75, 3.05) is 24.6 Å². The third-order valence-corrected chi connectivity index (χ3v) is 5.50. The van der Waals surface area contributed by atoms with Crippen molar-refractivity contribution in [3.63, 3.8) is 0 Å². The Morgan fingerprint density at radius 1 is 1.00 bits per heavy atom. The molecule has 1 fully saturated rings. The average molecular weight is 378 g/mol. The van der Waals surface area contributed by atoms with Crippen molar-refractivity contribution in [3.05, 3.63) is 59.2 Å². The maximum atomic E-state index is 13.0. The molecule has 0 saturated carbocycles. The number of hydrogen-bond acceptors (Lipinski definition) is 3. The molecular weight excluding hydrogens is 352 g/mol. The summed E-state index contributed by atoms with van der Waals surface area (Å²) in [6.45, 7) is 4.14. The number of fused-ring (bicyclic) bond motifs is 1. The Morgan fingerprint density at radius 2 is 1.71 bits per heavy atom. The summed E-state index contributed by atoms with van der Waals surface area (Å²) >= 11 is 0. The smallest absolute Gasteiger partial charge is 0.265 e. The number of aryl methyl sites for hydroxylation is 1. The van der Waals surface area contributed by atoms with E-state index in [1.807, 2.05) is 54.3 Å². The van der Waals surface area contributed by atoms with E-state index < -0.39 is 0 Å². The molecule has 2 aromatic carbocycles. The van der Waals surface area contributed by atoms with Gasteiger partial charge in [0.2, 0.25) is 0 Å². The van der Waals surface area contributed by atoms with Crippen molar-refractivity contribution in [1.29, 1.82) is 0 Å². The number of likely N-dealkylation sites (tertiary alicyclic amines) is 1. The molecule has 0 bridgehead atoms. The van der Waals surface area contributed by atoms with Crippen LogP contribution in [-0.2, 0) is 11.3 Å². The fourth-order valence-electron chi connectivity index (χ4n) is 3.84. The van der Waals surface area contributed by atoms with Crippen LogP contribution in [0.5, 0.6) is 5.75 Å². The van der Waals surface area contributed by atoms with Gasteiger partial charge in [0, 0.05) is 18.7 Å². The lowest BCUT2D eigenvalue weighted by Crippen LogP contribution is -2.38. The van der Waals surface area contributed by atoms with Crippen molar-refractivity contribution in [2.24, 2.45) is 0 Å². The Morgan fingerprint density at radius 3 is 2.43 bits per heavy atom. The van der Waals surface area contributed by atoms with Crippen molar-refractivity contribution in [3.8, 4) is 5.75 Å². The van der Waals surface area contributed by atoms with Gasteiger partial charge in [-0.25, -0.2) is 0 Å². The highest BCUT2D eigenvalue weighted by Crippen LogP contribution is 2.34. The molecule has 28 heavy (non-hydrogen) atoms. The molecule has 0 unspecified atom stereocenters. The molecule has 5 heteroatoms. The van der Waals surface area contributed by atoms with Crippen LogP contribution in [0.25, 0.3) is 0 Å². The van der Waals surface area contributed by atoms with E-state index in [-0.39, 0.29) is 18.4 Å². The van der Waals surface area contributed by atoms with E-state index >= 15 is 0 Å². The number of amides is 2. The predicted octanol–water partition coefficient (Wildman–Crippen LogP) is 3.94. The number of carbonyl (C=O) groups is 2. The molecule has 4 rings (SSSR count). The zero-order valence-electron chi connectivity index (χ0n) is 16.3. The van der Waals surface area contributed by atoms with Gasteiger partial charge in [-0.1, -0.05) is 42.7 Å². The number of benzene rings is 2. The van der Waals surface area contributed by atoms with Gasteiger partial charge in [0.1, 0.15) is 5.75 Å². The molecular formula is C23H26N2O3. The van der Waals surface area contributed by atoms with E-state index in [1.54, 1.807) is 4.90 Å². The van der Waals surface area contributed by atoms with Crippen LogP contribution in [-0.4, -0.2) is 36.4 Å². The highest BCUT2D eigenvalue weighted by molar-refractivity contribution is 6.01. The minimum absolute atomic E-state index is 0.0261. The number of rotatable bonds is 3. The Labute approximate surface area is 165 Å². The topological polar surface area (TPSA) is 49.9 Å². The number of anilines is 1. The second-order valence-corrected chi connectivity index (χ2v) is 7.64.